The molecule has 19 heavy (non-hydrogen) atoms. The molecule has 0 radical (unpaired) electrons. The number of aromatic nitrogens is 2. The van der Waals surface area contributed by atoms with Crippen LogP contribution in [0.4, 0.5) is 5.69 Å². The number of rotatable bonds is 3. The number of halogens is 2. The van der Waals surface area contributed by atoms with Gasteiger partial charge in [0.15, 0.2) is 0 Å². The lowest BCUT2D eigenvalue weighted by Gasteiger charge is -2.08. The first kappa shape index (κ1) is 13.7. The molecule has 8 heteroatoms. The minimum Gasteiger partial charge on any atom is -0.433 e. The van der Waals surface area contributed by atoms with E-state index in [2.05, 4.69) is 25.9 Å². The van der Waals surface area contributed by atoms with Crippen LogP contribution in [0.5, 0.6) is 11.6 Å². The Morgan fingerprint density at radius 2 is 2.16 bits per heavy atom. The standard InChI is InChI=1S/C11H7BrClN3O3/c1-6-4-7(12)2-3-8(6)19-11-9(16(17)18)10(13)14-5-15-11/h2-5H,1H3. The van der Waals surface area contributed by atoms with E-state index in [1.807, 2.05) is 13.0 Å². The number of nitrogens with zero attached hydrogens (tertiary/aromatic N) is 3. The van der Waals surface area contributed by atoms with E-state index in [-0.39, 0.29) is 11.0 Å². The van der Waals surface area contributed by atoms with Gasteiger partial charge in [0.2, 0.25) is 5.15 Å². The molecule has 2 aromatic rings. The topological polar surface area (TPSA) is 78.2 Å². The Hall–Kier alpha value is -1.73. The first-order chi connectivity index (χ1) is 8.99. The molecule has 0 aliphatic rings. The van der Waals surface area contributed by atoms with Crippen LogP contribution in [0, 0.1) is 17.0 Å². The Labute approximate surface area is 121 Å². The van der Waals surface area contributed by atoms with Crippen molar-refractivity contribution < 1.29 is 9.66 Å². The smallest absolute Gasteiger partial charge is 0.368 e. The fourth-order valence-electron chi connectivity index (χ4n) is 1.40. The minimum absolute atomic E-state index is 0.185. The van der Waals surface area contributed by atoms with Crippen LogP contribution >= 0.6 is 27.5 Å². The quantitative estimate of drug-likeness (QED) is 0.479. The molecular formula is C11H7BrClN3O3. The minimum atomic E-state index is -0.675. The molecule has 1 heterocycles. The molecule has 98 valence electrons. The summed E-state index contributed by atoms with van der Waals surface area (Å²) >= 11 is 9.00. The largest absolute Gasteiger partial charge is 0.433 e. The Morgan fingerprint density at radius 1 is 1.42 bits per heavy atom. The van der Waals surface area contributed by atoms with Crippen LogP contribution in [0.3, 0.4) is 0 Å². The first-order valence-corrected chi connectivity index (χ1v) is 6.25. The fraction of sp³-hybridized carbons (Fsp3) is 0.0909. The van der Waals surface area contributed by atoms with E-state index in [0.717, 1.165) is 16.4 Å². The van der Waals surface area contributed by atoms with Gasteiger partial charge in [0.25, 0.3) is 0 Å². The number of ether oxygens (including phenoxy) is 1. The van der Waals surface area contributed by atoms with Crippen molar-refractivity contribution in [3.05, 3.63) is 49.8 Å². The Balaban J connectivity index is 2.44. The van der Waals surface area contributed by atoms with Gasteiger partial charge in [-0.1, -0.05) is 27.5 Å². The van der Waals surface area contributed by atoms with Crippen molar-refractivity contribution in [1.29, 1.82) is 0 Å². The Kier molecular flexibility index (Phi) is 3.96. The monoisotopic (exact) mass is 343 g/mol. The molecule has 2 rings (SSSR count). The predicted molar refractivity (Wildman–Crippen MR) is 72.6 cm³/mol. The molecule has 0 aliphatic heterocycles. The third-order valence-electron chi connectivity index (χ3n) is 2.27. The van der Waals surface area contributed by atoms with E-state index >= 15 is 0 Å². The lowest BCUT2D eigenvalue weighted by Crippen LogP contribution is -1.99. The normalized spacial score (nSPS) is 10.3. The van der Waals surface area contributed by atoms with Gasteiger partial charge in [-0.15, -0.1) is 0 Å². The highest BCUT2D eigenvalue weighted by atomic mass is 79.9. The van der Waals surface area contributed by atoms with Crippen LogP contribution in [-0.2, 0) is 0 Å². The zero-order chi connectivity index (χ0) is 14.0. The van der Waals surface area contributed by atoms with Crippen LogP contribution in [0.1, 0.15) is 5.56 Å². The third kappa shape index (κ3) is 2.99. The van der Waals surface area contributed by atoms with Gasteiger partial charge in [0.1, 0.15) is 12.1 Å². The van der Waals surface area contributed by atoms with E-state index < -0.39 is 10.6 Å². The van der Waals surface area contributed by atoms with E-state index in [0.29, 0.717) is 5.75 Å². The number of benzene rings is 1. The predicted octanol–water partition coefficient (Wildman–Crippen LogP) is 3.90. The van der Waals surface area contributed by atoms with Crippen LogP contribution in [0.2, 0.25) is 5.15 Å². The summed E-state index contributed by atoms with van der Waals surface area (Å²) in [7, 11) is 0. The van der Waals surface area contributed by atoms with Gasteiger partial charge in [-0.2, -0.15) is 4.98 Å². The fourth-order valence-corrected chi connectivity index (χ4v) is 2.07. The average Bonchev–Trinajstić information content (AvgIpc) is 2.32. The maximum Gasteiger partial charge on any atom is 0.368 e. The second kappa shape index (κ2) is 5.50. The first-order valence-electron chi connectivity index (χ1n) is 5.08. The van der Waals surface area contributed by atoms with E-state index in [1.54, 1.807) is 12.1 Å². The third-order valence-corrected chi connectivity index (χ3v) is 3.04. The molecule has 6 nitrogen and oxygen atoms in total. The average molecular weight is 345 g/mol. The number of nitro groups is 1. The van der Waals surface area contributed by atoms with Gasteiger partial charge in [-0.25, -0.2) is 4.98 Å². The zero-order valence-electron chi connectivity index (χ0n) is 9.63. The number of hydrogen-bond acceptors (Lipinski definition) is 5. The highest BCUT2D eigenvalue weighted by Gasteiger charge is 2.23. The zero-order valence-corrected chi connectivity index (χ0v) is 12.0. The summed E-state index contributed by atoms with van der Waals surface area (Å²) in [5.74, 6) is 0.275. The molecule has 1 aromatic heterocycles. The van der Waals surface area contributed by atoms with E-state index in [4.69, 9.17) is 16.3 Å². The summed E-state index contributed by atoms with van der Waals surface area (Å²) in [6, 6.07) is 5.26. The lowest BCUT2D eigenvalue weighted by molar-refractivity contribution is -0.386. The van der Waals surface area contributed by atoms with Gasteiger partial charge in [0.05, 0.1) is 4.92 Å². The molecule has 0 bridgehead atoms. The van der Waals surface area contributed by atoms with Gasteiger partial charge in [0, 0.05) is 4.47 Å². The summed E-state index contributed by atoms with van der Waals surface area (Å²) in [6.45, 7) is 1.81. The van der Waals surface area contributed by atoms with Crippen LogP contribution < -0.4 is 4.74 Å². The van der Waals surface area contributed by atoms with Crippen LogP contribution in [0.25, 0.3) is 0 Å². The molecule has 0 spiro atoms. The lowest BCUT2D eigenvalue weighted by atomic mass is 10.2. The van der Waals surface area contributed by atoms with Crippen molar-refractivity contribution in [2.45, 2.75) is 6.92 Å². The van der Waals surface area contributed by atoms with Gasteiger partial charge < -0.3 is 4.74 Å². The summed E-state index contributed by atoms with van der Waals surface area (Å²) in [5, 5.41) is 10.7. The van der Waals surface area contributed by atoms with E-state index in [1.165, 1.54) is 0 Å². The summed E-state index contributed by atoms with van der Waals surface area (Å²) in [4.78, 5) is 17.6. The molecule has 0 atom stereocenters. The summed E-state index contributed by atoms with van der Waals surface area (Å²) in [6.07, 6.45) is 1.11. The van der Waals surface area contributed by atoms with Crippen LogP contribution in [-0.4, -0.2) is 14.9 Å². The van der Waals surface area contributed by atoms with Crippen molar-refractivity contribution >= 4 is 33.2 Å². The molecule has 0 aliphatic carbocycles. The molecule has 0 fully saturated rings. The Morgan fingerprint density at radius 3 is 2.79 bits per heavy atom. The SMILES string of the molecule is Cc1cc(Br)ccc1Oc1ncnc(Cl)c1[N+](=O)[O-]. The van der Waals surface area contributed by atoms with Crippen molar-refractivity contribution in [3.63, 3.8) is 0 Å². The highest BCUT2D eigenvalue weighted by Crippen LogP contribution is 2.35. The molecule has 0 unspecified atom stereocenters. The van der Waals surface area contributed by atoms with Gasteiger partial charge >= 0.3 is 11.6 Å². The van der Waals surface area contributed by atoms with Crippen LogP contribution in [0.15, 0.2) is 29.0 Å². The summed E-state index contributed by atoms with van der Waals surface area (Å²) < 4.78 is 6.32. The maximum absolute atomic E-state index is 10.9. The number of hydrogen-bond donors (Lipinski definition) is 0. The van der Waals surface area contributed by atoms with Gasteiger partial charge in [-0.3, -0.25) is 10.1 Å². The Bertz CT molecular complexity index is 651. The van der Waals surface area contributed by atoms with Gasteiger partial charge in [-0.05, 0) is 30.7 Å². The van der Waals surface area contributed by atoms with Crippen molar-refractivity contribution in [2.75, 3.05) is 0 Å². The van der Waals surface area contributed by atoms with E-state index in [9.17, 15) is 10.1 Å². The maximum atomic E-state index is 10.9. The second-order valence-electron chi connectivity index (χ2n) is 3.59. The molecule has 0 saturated carbocycles. The number of aryl methyl sites for hydroxylation is 1. The van der Waals surface area contributed by atoms with Crippen molar-refractivity contribution in [1.82, 2.24) is 9.97 Å². The summed E-state index contributed by atoms with van der Waals surface area (Å²) in [5.41, 5.74) is 0.352. The van der Waals surface area contributed by atoms with Crippen molar-refractivity contribution in [3.8, 4) is 11.6 Å². The second-order valence-corrected chi connectivity index (χ2v) is 4.86. The van der Waals surface area contributed by atoms with Crippen molar-refractivity contribution in [2.24, 2.45) is 0 Å². The molecule has 0 saturated heterocycles. The molecular weight excluding hydrogens is 337 g/mol. The molecule has 0 N–H and O–H groups in total. The molecule has 1 aromatic carbocycles. The molecule has 0 amide bonds. The highest BCUT2D eigenvalue weighted by molar-refractivity contribution is 9.10.